The minimum absolute atomic E-state index is 0.0882. The van der Waals surface area contributed by atoms with Gasteiger partial charge in [0.15, 0.2) is 0 Å². The molecule has 1 aromatic rings. The summed E-state index contributed by atoms with van der Waals surface area (Å²) in [5.41, 5.74) is -0.257. The Morgan fingerprint density at radius 3 is 2.63 bits per heavy atom. The highest BCUT2D eigenvalue weighted by atomic mass is 19.4. The van der Waals surface area contributed by atoms with E-state index in [9.17, 15) is 23.1 Å². The van der Waals surface area contributed by atoms with Gasteiger partial charge in [0.2, 0.25) is 5.91 Å². The van der Waals surface area contributed by atoms with E-state index in [1.807, 2.05) is 13.8 Å². The van der Waals surface area contributed by atoms with Crippen LogP contribution in [0.4, 0.5) is 13.2 Å². The molecule has 1 saturated heterocycles. The molecule has 168 valence electrons. The second-order valence-electron chi connectivity index (χ2n) is 9.18. The molecule has 0 aliphatic carbocycles. The van der Waals surface area contributed by atoms with Gasteiger partial charge in [-0.2, -0.15) is 13.2 Å². The molecule has 3 heterocycles. The van der Waals surface area contributed by atoms with Crippen LogP contribution in [0.25, 0.3) is 0 Å². The van der Waals surface area contributed by atoms with Gasteiger partial charge in [-0.3, -0.25) is 9.79 Å². The van der Waals surface area contributed by atoms with Crippen LogP contribution in [0.15, 0.2) is 15.6 Å². The minimum atomic E-state index is -4.35. The average molecular weight is 430 g/mol. The molecular weight excluding hydrogens is 401 g/mol. The summed E-state index contributed by atoms with van der Waals surface area (Å²) in [6.45, 7) is 8.94. The van der Waals surface area contributed by atoms with Crippen LogP contribution >= 0.6 is 0 Å². The largest absolute Gasteiger partial charge is 0.391 e. The molecule has 2 unspecified atom stereocenters. The molecule has 0 aromatic carbocycles. The lowest BCUT2D eigenvalue weighted by Crippen LogP contribution is -2.52. The minimum Gasteiger partial charge on any atom is -0.391 e. The summed E-state index contributed by atoms with van der Waals surface area (Å²) in [4.78, 5) is 19.3. The van der Waals surface area contributed by atoms with Gasteiger partial charge in [0.25, 0.3) is 0 Å². The average Bonchev–Trinajstić information content (AvgIpc) is 3.24. The highest BCUT2D eigenvalue weighted by Gasteiger charge is 2.48. The summed E-state index contributed by atoms with van der Waals surface area (Å²) in [5, 5.41) is 17.2. The zero-order chi connectivity index (χ0) is 22.4. The first kappa shape index (κ1) is 22.6. The summed E-state index contributed by atoms with van der Waals surface area (Å²) in [7, 11) is 0. The number of aliphatic hydroxyl groups is 1. The molecule has 10 heteroatoms. The van der Waals surface area contributed by atoms with Gasteiger partial charge in [-0.15, -0.1) is 0 Å². The number of amides is 1. The summed E-state index contributed by atoms with van der Waals surface area (Å²) in [6, 6.07) is 0.0908. The topological polar surface area (TPSA) is 91.0 Å². The van der Waals surface area contributed by atoms with Gasteiger partial charge in [0, 0.05) is 19.0 Å². The Hall–Kier alpha value is -2.10. The number of likely N-dealkylation sites (tertiary alicyclic amines) is 1. The van der Waals surface area contributed by atoms with Crippen molar-refractivity contribution in [3.63, 3.8) is 0 Å². The molecule has 30 heavy (non-hydrogen) atoms. The number of hydrogen-bond donors (Lipinski definition) is 2. The summed E-state index contributed by atoms with van der Waals surface area (Å²) >= 11 is 0. The monoisotopic (exact) mass is 430 g/mol. The summed E-state index contributed by atoms with van der Waals surface area (Å²) < 4.78 is 44.3. The fourth-order valence-corrected chi connectivity index (χ4v) is 4.22. The number of halogens is 3. The Morgan fingerprint density at radius 2 is 2.10 bits per heavy atom. The fourth-order valence-electron chi connectivity index (χ4n) is 4.22. The Kier molecular flexibility index (Phi) is 5.92. The molecule has 4 atom stereocenters. The number of alkyl halides is 3. The lowest BCUT2D eigenvalue weighted by Gasteiger charge is -2.31. The molecule has 2 N–H and O–H groups in total. The number of rotatable bonds is 5. The smallest absolute Gasteiger partial charge is 0.391 e. The van der Waals surface area contributed by atoms with Gasteiger partial charge in [0.05, 0.1) is 35.8 Å². The van der Waals surface area contributed by atoms with Gasteiger partial charge < -0.3 is 19.8 Å². The van der Waals surface area contributed by atoms with Crippen LogP contribution < -0.4 is 5.32 Å². The van der Waals surface area contributed by atoms with E-state index < -0.39 is 42.2 Å². The first-order valence-corrected chi connectivity index (χ1v) is 10.1. The number of aliphatic hydroxyl groups excluding tert-OH is 1. The number of carbonyl (C=O) groups excluding carboxylic acids is 1. The first-order chi connectivity index (χ1) is 13.8. The number of β-amino-alcohol motifs (C(OH)–C–C–N with tert-alkyl or cyclic N) is 1. The van der Waals surface area contributed by atoms with Gasteiger partial charge in [-0.1, -0.05) is 19.0 Å². The van der Waals surface area contributed by atoms with Crippen LogP contribution in [0.3, 0.4) is 0 Å². The molecule has 7 nitrogen and oxygen atoms in total. The zero-order valence-corrected chi connectivity index (χ0v) is 17.8. The van der Waals surface area contributed by atoms with E-state index in [0.717, 1.165) is 0 Å². The van der Waals surface area contributed by atoms with E-state index in [0.29, 0.717) is 17.3 Å². The van der Waals surface area contributed by atoms with Crippen LogP contribution in [0.1, 0.15) is 57.9 Å². The molecule has 3 rings (SSSR count). The number of hydrogen-bond acceptors (Lipinski definition) is 6. The van der Waals surface area contributed by atoms with Crippen molar-refractivity contribution in [2.45, 2.75) is 83.3 Å². The molecule has 0 spiro atoms. The van der Waals surface area contributed by atoms with Gasteiger partial charge >= 0.3 is 6.18 Å². The van der Waals surface area contributed by atoms with Crippen molar-refractivity contribution >= 4 is 11.7 Å². The van der Waals surface area contributed by atoms with E-state index in [-0.39, 0.29) is 24.8 Å². The van der Waals surface area contributed by atoms with Crippen LogP contribution in [0.5, 0.6) is 0 Å². The third-order valence-corrected chi connectivity index (χ3v) is 5.77. The highest BCUT2D eigenvalue weighted by Crippen LogP contribution is 2.35. The SMILES string of the molecule is Cc1cc(C(C(=O)N2C[C@H](O)C[C@H]2C2=NC(CC(F)(F)F)C(C)(C)N2)C(C)C)on1. The molecule has 0 bridgehead atoms. The molecule has 0 radical (unpaired) electrons. The maximum Gasteiger partial charge on any atom is 0.391 e. The molecule has 2 aliphatic rings. The second-order valence-corrected chi connectivity index (χ2v) is 9.18. The Morgan fingerprint density at radius 1 is 1.43 bits per heavy atom. The zero-order valence-electron chi connectivity index (χ0n) is 17.8. The standard InChI is InChI=1S/C20H29F3N4O3/c1-10(2)16(14-6-11(3)26-30-14)18(29)27-9-12(28)7-13(27)17-24-15(8-20(21,22)23)19(4,5)25-17/h6,10,12-13,15-16,28H,7-9H2,1-5H3,(H,24,25)/t12-,13+,15?,16?/m1/s1. The van der Waals surface area contributed by atoms with Crippen molar-refractivity contribution in [1.29, 1.82) is 0 Å². The molecule has 1 aromatic heterocycles. The van der Waals surface area contributed by atoms with Crippen molar-refractivity contribution in [1.82, 2.24) is 15.4 Å². The quantitative estimate of drug-likeness (QED) is 0.750. The number of aliphatic imine (C=N–C) groups is 1. The number of aryl methyl sites for hydroxylation is 1. The predicted molar refractivity (Wildman–Crippen MR) is 104 cm³/mol. The Balaban J connectivity index is 1.88. The number of aromatic nitrogens is 1. The lowest BCUT2D eigenvalue weighted by atomic mass is 9.91. The fraction of sp³-hybridized carbons (Fsp3) is 0.750. The molecular formula is C20H29F3N4O3. The van der Waals surface area contributed by atoms with Gasteiger partial charge in [-0.05, 0) is 26.7 Å². The van der Waals surface area contributed by atoms with E-state index in [1.165, 1.54) is 4.90 Å². The Labute approximate surface area is 173 Å². The van der Waals surface area contributed by atoms with Crippen LogP contribution in [-0.4, -0.2) is 63.4 Å². The van der Waals surface area contributed by atoms with Crippen LogP contribution in [0.2, 0.25) is 0 Å². The summed E-state index contributed by atoms with van der Waals surface area (Å²) in [5.74, 6) is -0.222. The first-order valence-electron chi connectivity index (χ1n) is 10.1. The molecule has 1 amide bonds. The van der Waals surface area contributed by atoms with Crippen molar-refractivity contribution in [3.05, 3.63) is 17.5 Å². The molecule has 1 fully saturated rings. The number of nitrogens with zero attached hydrogens (tertiary/aromatic N) is 3. The van der Waals surface area contributed by atoms with Crippen molar-refractivity contribution in [2.75, 3.05) is 6.54 Å². The third kappa shape index (κ3) is 4.63. The molecule has 0 saturated carbocycles. The second kappa shape index (κ2) is 7.86. The normalized spacial score (nSPS) is 27.3. The summed E-state index contributed by atoms with van der Waals surface area (Å²) in [6.07, 6.45) is -5.96. The van der Waals surface area contributed by atoms with Gasteiger partial charge in [-0.25, -0.2) is 0 Å². The third-order valence-electron chi connectivity index (χ3n) is 5.77. The van der Waals surface area contributed by atoms with E-state index in [1.54, 1.807) is 26.8 Å². The number of nitrogens with one attached hydrogen (secondary N) is 1. The predicted octanol–water partition coefficient (Wildman–Crippen LogP) is 2.79. The highest BCUT2D eigenvalue weighted by molar-refractivity contribution is 5.95. The maximum atomic E-state index is 13.4. The van der Waals surface area contributed by atoms with Crippen LogP contribution in [-0.2, 0) is 4.79 Å². The van der Waals surface area contributed by atoms with E-state index in [2.05, 4.69) is 15.5 Å². The van der Waals surface area contributed by atoms with Crippen molar-refractivity contribution in [3.8, 4) is 0 Å². The van der Waals surface area contributed by atoms with Crippen molar-refractivity contribution < 1.29 is 27.6 Å². The lowest BCUT2D eigenvalue weighted by molar-refractivity contribution is -0.140. The maximum absolute atomic E-state index is 13.4. The number of carbonyl (C=O) groups is 1. The van der Waals surface area contributed by atoms with E-state index >= 15 is 0 Å². The molecule has 2 aliphatic heterocycles. The van der Waals surface area contributed by atoms with Crippen molar-refractivity contribution in [2.24, 2.45) is 10.9 Å². The number of amidine groups is 1. The van der Waals surface area contributed by atoms with E-state index in [4.69, 9.17) is 4.52 Å². The van der Waals surface area contributed by atoms with Gasteiger partial charge in [0.1, 0.15) is 17.5 Å². The van der Waals surface area contributed by atoms with Crippen LogP contribution in [0, 0.1) is 12.8 Å². The Bertz CT molecular complexity index is 818.